The van der Waals surface area contributed by atoms with E-state index in [1.165, 1.54) is 21.9 Å². The van der Waals surface area contributed by atoms with Crippen molar-refractivity contribution in [3.8, 4) is 0 Å². The molecule has 0 saturated carbocycles. The minimum absolute atomic E-state index is 0.430. The van der Waals surface area contributed by atoms with Gasteiger partial charge >= 0.3 is 0 Å². The second kappa shape index (κ2) is 4.10. The van der Waals surface area contributed by atoms with E-state index in [1.54, 1.807) is 0 Å². The zero-order valence-corrected chi connectivity index (χ0v) is 9.85. The van der Waals surface area contributed by atoms with Crippen molar-refractivity contribution in [1.82, 2.24) is 5.32 Å². The molecule has 1 atom stereocenters. The fraction of sp³-hybridized carbons (Fsp3) is 0.125. The molecule has 1 N–H and O–H groups in total. The Morgan fingerprint density at radius 3 is 2.59 bits per heavy atom. The summed E-state index contributed by atoms with van der Waals surface area (Å²) >= 11 is 0. The molecule has 3 rings (SSSR count). The van der Waals surface area contributed by atoms with Gasteiger partial charge in [-0.1, -0.05) is 48.6 Å². The Morgan fingerprint density at radius 2 is 1.82 bits per heavy atom. The Kier molecular flexibility index (Phi) is 2.45. The van der Waals surface area contributed by atoms with Gasteiger partial charge in [-0.15, -0.1) is 0 Å². The van der Waals surface area contributed by atoms with E-state index in [9.17, 15) is 0 Å². The average molecular weight is 221 g/mol. The summed E-state index contributed by atoms with van der Waals surface area (Å²) in [5, 5.41) is 5.91. The molecule has 84 valence electrons. The minimum atomic E-state index is 0.430. The molecule has 2 aromatic carbocycles. The molecule has 1 aliphatic heterocycles. The number of fused-ring (bicyclic) bond motifs is 1. The highest BCUT2D eigenvalue weighted by molar-refractivity contribution is 5.88. The summed E-state index contributed by atoms with van der Waals surface area (Å²) in [4.78, 5) is 0. The Hall–Kier alpha value is -2.02. The number of rotatable bonds is 1. The van der Waals surface area contributed by atoms with Crippen LogP contribution < -0.4 is 5.32 Å². The lowest BCUT2D eigenvalue weighted by molar-refractivity contribution is 0.764. The van der Waals surface area contributed by atoms with Gasteiger partial charge < -0.3 is 5.32 Å². The fourth-order valence-corrected chi connectivity index (χ4v) is 2.12. The van der Waals surface area contributed by atoms with E-state index < -0.39 is 0 Å². The largest absolute Gasteiger partial charge is 0.384 e. The number of benzene rings is 2. The molecule has 1 aliphatic rings. The molecule has 0 spiro atoms. The maximum atomic E-state index is 3.33. The van der Waals surface area contributed by atoms with Gasteiger partial charge in [0.2, 0.25) is 0 Å². The van der Waals surface area contributed by atoms with Crippen LogP contribution in [-0.2, 0) is 0 Å². The van der Waals surface area contributed by atoms with Crippen molar-refractivity contribution in [2.45, 2.75) is 13.0 Å². The van der Waals surface area contributed by atoms with Crippen molar-refractivity contribution in [2.24, 2.45) is 0 Å². The van der Waals surface area contributed by atoms with Crippen LogP contribution in [0.5, 0.6) is 0 Å². The first-order valence-corrected chi connectivity index (χ1v) is 5.96. The number of hydrogen-bond donors (Lipinski definition) is 1. The van der Waals surface area contributed by atoms with E-state index in [2.05, 4.69) is 73.1 Å². The normalized spacial score (nSPS) is 18.9. The van der Waals surface area contributed by atoms with Crippen molar-refractivity contribution in [3.05, 3.63) is 66.4 Å². The van der Waals surface area contributed by atoms with Crippen LogP contribution in [0, 0.1) is 0 Å². The summed E-state index contributed by atoms with van der Waals surface area (Å²) in [6.45, 7) is 2.14. The first-order chi connectivity index (χ1) is 8.33. The van der Waals surface area contributed by atoms with Crippen LogP contribution in [0.3, 0.4) is 0 Å². The number of dihydropyridines is 1. The molecule has 0 aromatic heterocycles. The molecule has 1 heteroatoms. The van der Waals surface area contributed by atoms with Gasteiger partial charge in [0.15, 0.2) is 0 Å². The number of nitrogens with one attached hydrogen (secondary N) is 1. The molecule has 2 aromatic rings. The third-order valence-electron chi connectivity index (χ3n) is 3.15. The van der Waals surface area contributed by atoms with Crippen LogP contribution in [-0.4, -0.2) is 6.04 Å². The monoisotopic (exact) mass is 221 g/mol. The topological polar surface area (TPSA) is 12.0 Å². The summed E-state index contributed by atoms with van der Waals surface area (Å²) in [6, 6.07) is 15.5. The van der Waals surface area contributed by atoms with Crippen LogP contribution in [0.25, 0.3) is 16.3 Å². The highest BCUT2D eigenvalue weighted by atomic mass is 14.9. The quantitative estimate of drug-likeness (QED) is 0.773. The fourth-order valence-electron chi connectivity index (χ4n) is 2.12. The van der Waals surface area contributed by atoms with Gasteiger partial charge in [-0.05, 0) is 34.9 Å². The summed E-state index contributed by atoms with van der Waals surface area (Å²) < 4.78 is 0. The van der Waals surface area contributed by atoms with Crippen LogP contribution >= 0.6 is 0 Å². The predicted molar refractivity (Wildman–Crippen MR) is 73.7 cm³/mol. The Bertz CT molecular complexity index is 608. The van der Waals surface area contributed by atoms with E-state index in [0.29, 0.717) is 6.04 Å². The maximum Gasteiger partial charge on any atom is 0.0414 e. The van der Waals surface area contributed by atoms with Crippen LogP contribution in [0.4, 0.5) is 0 Å². The lowest BCUT2D eigenvalue weighted by Crippen LogP contribution is -2.20. The molecule has 17 heavy (non-hydrogen) atoms. The summed E-state index contributed by atoms with van der Waals surface area (Å²) in [5.41, 5.74) is 2.51. The molecule has 1 unspecified atom stereocenters. The zero-order chi connectivity index (χ0) is 11.7. The smallest absolute Gasteiger partial charge is 0.0414 e. The lowest BCUT2D eigenvalue weighted by Gasteiger charge is -2.15. The van der Waals surface area contributed by atoms with E-state index in [0.717, 1.165) is 0 Å². The summed E-state index contributed by atoms with van der Waals surface area (Å²) in [5.74, 6) is 0. The summed E-state index contributed by atoms with van der Waals surface area (Å²) in [6.07, 6.45) is 6.46. The van der Waals surface area contributed by atoms with Crippen molar-refractivity contribution in [3.63, 3.8) is 0 Å². The first kappa shape index (κ1) is 10.2. The molecule has 0 saturated heterocycles. The van der Waals surface area contributed by atoms with Gasteiger partial charge in [0.25, 0.3) is 0 Å². The van der Waals surface area contributed by atoms with Crippen LogP contribution in [0.2, 0.25) is 0 Å². The van der Waals surface area contributed by atoms with E-state index in [4.69, 9.17) is 0 Å². The number of hydrogen-bond acceptors (Lipinski definition) is 1. The average Bonchev–Trinajstić information content (AvgIpc) is 2.39. The molecule has 0 radical (unpaired) electrons. The van der Waals surface area contributed by atoms with E-state index >= 15 is 0 Å². The zero-order valence-electron chi connectivity index (χ0n) is 9.85. The number of allylic oxidation sites excluding steroid dienone is 2. The van der Waals surface area contributed by atoms with Crippen molar-refractivity contribution < 1.29 is 0 Å². The molecule has 0 aliphatic carbocycles. The van der Waals surface area contributed by atoms with Crippen LogP contribution in [0.15, 0.2) is 60.8 Å². The molecule has 0 amide bonds. The van der Waals surface area contributed by atoms with Gasteiger partial charge in [-0.25, -0.2) is 0 Å². The van der Waals surface area contributed by atoms with Gasteiger partial charge in [0, 0.05) is 12.2 Å². The van der Waals surface area contributed by atoms with Crippen LogP contribution in [0.1, 0.15) is 12.5 Å². The molecule has 0 bridgehead atoms. The van der Waals surface area contributed by atoms with Gasteiger partial charge in [-0.2, -0.15) is 0 Å². The third-order valence-corrected chi connectivity index (χ3v) is 3.15. The summed E-state index contributed by atoms with van der Waals surface area (Å²) in [7, 11) is 0. The van der Waals surface area contributed by atoms with Crippen molar-refractivity contribution >= 4 is 16.3 Å². The second-order valence-corrected chi connectivity index (χ2v) is 4.48. The molecule has 1 heterocycles. The molecule has 1 nitrogen and oxygen atoms in total. The third kappa shape index (κ3) is 1.96. The van der Waals surface area contributed by atoms with Crippen molar-refractivity contribution in [2.75, 3.05) is 0 Å². The molecule has 0 fully saturated rings. The highest BCUT2D eigenvalue weighted by Crippen LogP contribution is 2.23. The Labute approximate surface area is 101 Å². The first-order valence-electron chi connectivity index (χ1n) is 5.96. The Balaban J connectivity index is 2.04. The van der Waals surface area contributed by atoms with Gasteiger partial charge in [0.05, 0.1) is 0 Å². The van der Waals surface area contributed by atoms with E-state index in [-0.39, 0.29) is 0 Å². The molecular formula is C16H15N. The standard InChI is InChI=1S/C16H15N/c1-12-6-7-16(11-17-12)15-9-8-13-4-2-3-5-14(13)10-15/h2-12,17H,1H3. The maximum absolute atomic E-state index is 3.33. The second-order valence-electron chi connectivity index (χ2n) is 4.48. The highest BCUT2D eigenvalue weighted by Gasteiger charge is 2.05. The van der Waals surface area contributed by atoms with Crippen molar-refractivity contribution in [1.29, 1.82) is 0 Å². The van der Waals surface area contributed by atoms with Gasteiger partial charge in [0.1, 0.15) is 0 Å². The van der Waals surface area contributed by atoms with E-state index in [1.807, 2.05) is 0 Å². The minimum Gasteiger partial charge on any atom is -0.384 e. The van der Waals surface area contributed by atoms with Gasteiger partial charge in [-0.3, -0.25) is 0 Å². The molecular weight excluding hydrogens is 206 g/mol. The lowest BCUT2D eigenvalue weighted by atomic mass is 10.00. The Morgan fingerprint density at radius 1 is 1.00 bits per heavy atom. The SMILES string of the molecule is CC1C=CC(c2ccc3ccccc3c2)=CN1. The predicted octanol–water partition coefficient (Wildman–Crippen LogP) is 3.73.